The number of amides is 4. The number of nitrogens with one attached hydrogen (secondary N) is 1. The Morgan fingerprint density at radius 2 is 2.00 bits per heavy atom. The van der Waals surface area contributed by atoms with E-state index in [1.54, 1.807) is 17.0 Å². The Kier molecular flexibility index (Phi) is 6.40. The van der Waals surface area contributed by atoms with Crippen molar-refractivity contribution in [2.24, 2.45) is 5.92 Å². The lowest BCUT2D eigenvalue weighted by Gasteiger charge is -2.16. The van der Waals surface area contributed by atoms with Crippen LogP contribution in [0.2, 0.25) is 0 Å². The van der Waals surface area contributed by atoms with Gasteiger partial charge in [-0.05, 0) is 47.7 Å². The molecule has 4 amide bonds. The number of likely N-dealkylation sites (tertiary alicyclic amines) is 1. The molecule has 3 heterocycles. The Morgan fingerprint density at radius 1 is 1.22 bits per heavy atom. The maximum Gasteiger partial charge on any atom is 0.293 e. The number of halogens is 1. The minimum absolute atomic E-state index is 0.0218. The van der Waals surface area contributed by atoms with E-state index in [-0.39, 0.29) is 48.6 Å². The maximum atomic E-state index is 13.0. The summed E-state index contributed by atoms with van der Waals surface area (Å²) >= 11 is 0.799. The first-order valence-corrected chi connectivity index (χ1v) is 10.8. The van der Waals surface area contributed by atoms with Gasteiger partial charge in [-0.1, -0.05) is 12.1 Å². The molecular weight excluding hydrogens is 437 g/mol. The van der Waals surface area contributed by atoms with E-state index in [2.05, 4.69) is 5.32 Å². The predicted molar refractivity (Wildman–Crippen MR) is 114 cm³/mol. The van der Waals surface area contributed by atoms with E-state index in [9.17, 15) is 23.6 Å². The summed E-state index contributed by atoms with van der Waals surface area (Å²) in [6.45, 7) is 0.706. The predicted octanol–water partition coefficient (Wildman–Crippen LogP) is 2.62. The maximum absolute atomic E-state index is 13.0. The Hall–Kier alpha value is -3.40. The first-order chi connectivity index (χ1) is 15.4. The third-order valence-corrected chi connectivity index (χ3v) is 6.10. The second-order valence-corrected chi connectivity index (χ2v) is 8.42. The number of thioether (sulfide) groups is 1. The summed E-state index contributed by atoms with van der Waals surface area (Å²) in [5.41, 5.74) is 0.607. The van der Waals surface area contributed by atoms with Crippen molar-refractivity contribution in [1.82, 2.24) is 15.1 Å². The molecule has 32 heavy (non-hydrogen) atoms. The van der Waals surface area contributed by atoms with Crippen LogP contribution in [0, 0.1) is 11.7 Å². The first kappa shape index (κ1) is 21.8. The molecule has 2 aliphatic heterocycles. The molecule has 0 bridgehead atoms. The van der Waals surface area contributed by atoms with Crippen molar-refractivity contribution < 1.29 is 28.0 Å². The van der Waals surface area contributed by atoms with Gasteiger partial charge in [0.15, 0.2) is 0 Å². The number of hydrogen-bond donors (Lipinski definition) is 1. The molecule has 0 spiro atoms. The van der Waals surface area contributed by atoms with Crippen LogP contribution in [-0.2, 0) is 20.9 Å². The molecule has 1 aromatic carbocycles. The summed E-state index contributed by atoms with van der Waals surface area (Å²) < 4.78 is 18.3. The smallest absolute Gasteiger partial charge is 0.293 e. The lowest BCUT2D eigenvalue weighted by molar-refractivity contribution is -0.129. The molecule has 2 aromatic rings. The highest BCUT2D eigenvalue weighted by molar-refractivity contribution is 8.18. The number of carbonyl (C=O) groups is 4. The van der Waals surface area contributed by atoms with Crippen molar-refractivity contribution >= 4 is 40.8 Å². The number of imide groups is 1. The summed E-state index contributed by atoms with van der Waals surface area (Å²) in [7, 11) is 0. The van der Waals surface area contributed by atoms with Crippen molar-refractivity contribution in [2.45, 2.75) is 13.0 Å². The van der Waals surface area contributed by atoms with Crippen molar-refractivity contribution in [3.63, 3.8) is 0 Å². The molecule has 10 heteroatoms. The second-order valence-electron chi connectivity index (χ2n) is 7.43. The third-order valence-electron chi connectivity index (χ3n) is 5.19. The molecular formula is C22H20FN3O5S. The van der Waals surface area contributed by atoms with E-state index >= 15 is 0 Å². The molecule has 0 radical (unpaired) electrons. The van der Waals surface area contributed by atoms with E-state index < -0.39 is 17.1 Å². The van der Waals surface area contributed by atoms with Gasteiger partial charge in [-0.2, -0.15) is 0 Å². The number of hydrogen-bond acceptors (Lipinski definition) is 6. The molecule has 1 N–H and O–H groups in total. The Labute approximate surface area is 187 Å². The zero-order valence-corrected chi connectivity index (χ0v) is 17.8. The third kappa shape index (κ3) is 4.91. The Morgan fingerprint density at radius 3 is 2.72 bits per heavy atom. The Balaban J connectivity index is 1.27. The van der Waals surface area contributed by atoms with Crippen molar-refractivity contribution in [1.29, 1.82) is 0 Å². The Bertz CT molecular complexity index is 1070. The van der Waals surface area contributed by atoms with Gasteiger partial charge < -0.3 is 14.6 Å². The SMILES string of the molecule is O=C(NCCN1C(=O)S/C(=C\c2ccc(F)cc2)C1=O)[C@H]1CC(=O)N(Cc2ccco2)C1. The van der Waals surface area contributed by atoms with Gasteiger partial charge in [0.25, 0.3) is 11.1 Å². The van der Waals surface area contributed by atoms with Crippen LogP contribution < -0.4 is 5.32 Å². The topological polar surface area (TPSA) is 99.9 Å². The van der Waals surface area contributed by atoms with Crippen LogP contribution in [0.25, 0.3) is 6.08 Å². The standard InChI is InChI=1S/C22H20FN3O5S/c23-16-5-3-14(4-6-16)10-18-21(29)26(22(30)32-18)8-7-24-20(28)15-11-19(27)25(12-15)13-17-2-1-9-31-17/h1-6,9-10,15H,7-8,11-13H2,(H,24,28)/b18-10-/t15-/m0/s1. The van der Waals surface area contributed by atoms with E-state index in [0.29, 0.717) is 17.9 Å². The molecule has 0 unspecified atom stereocenters. The van der Waals surface area contributed by atoms with Gasteiger partial charge in [-0.3, -0.25) is 24.1 Å². The summed E-state index contributed by atoms with van der Waals surface area (Å²) in [6.07, 6.45) is 3.16. The second kappa shape index (κ2) is 9.39. The molecule has 4 rings (SSSR count). The fraction of sp³-hybridized carbons (Fsp3) is 0.273. The monoisotopic (exact) mass is 457 g/mol. The average molecular weight is 457 g/mol. The van der Waals surface area contributed by atoms with Crippen molar-refractivity contribution in [3.05, 3.63) is 64.7 Å². The highest BCUT2D eigenvalue weighted by Crippen LogP contribution is 2.32. The summed E-state index contributed by atoms with van der Waals surface area (Å²) in [6, 6.07) is 9.08. The fourth-order valence-electron chi connectivity index (χ4n) is 3.53. The molecule has 2 aliphatic rings. The normalized spacial score (nSPS) is 20.0. The van der Waals surface area contributed by atoms with Gasteiger partial charge in [0, 0.05) is 26.1 Å². The molecule has 166 valence electrons. The van der Waals surface area contributed by atoms with Crippen LogP contribution in [0.1, 0.15) is 17.7 Å². The van der Waals surface area contributed by atoms with E-state index in [1.807, 2.05) is 0 Å². The molecule has 0 saturated carbocycles. The highest BCUT2D eigenvalue weighted by atomic mass is 32.2. The number of benzene rings is 1. The minimum atomic E-state index is -0.495. The zero-order chi connectivity index (χ0) is 22.7. The lowest BCUT2D eigenvalue weighted by Crippen LogP contribution is -2.40. The number of carbonyl (C=O) groups excluding carboxylic acids is 4. The van der Waals surface area contributed by atoms with Gasteiger partial charge in [0.2, 0.25) is 11.8 Å². The van der Waals surface area contributed by atoms with Crippen LogP contribution in [0.15, 0.2) is 52.0 Å². The van der Waals surface area contributed by atoms with Crippen LogP contribution in [-0.4, -0.2) is 52.4 Å². The van der Waals surface area contributed by atoms with Crippen molar-refractivity contribution in [2.75, 3.05) is 19.6 Å². The van der Waals surface area contributed by atoms with Crippen LogP contribution in [0.5, 0.6) is 0 Å². The molecule has 1 atom stereocenters. The highest BCUT2D eigenvalue weighted by Gasteiger charge is 2.36. The zero-order valence-electron chi connectivity index (χ0n) is 17.0. The number of nitrogens with zero attached hydrogens (tertiary/aromatic N) is 2. The molecule has 2 saturated heterocycles. The van der Waals surface area contributed by atoms with Gasteiger partial charge in [-0.15, -0.1) is 0 Å². The van der Waals surface area contributed by atoms with Crippen LogP contribution in [0.4, 0.5) is 9.18 Å². The lowest BCUT2D eigenvalue weighted by atomic mass is 10.1. The van der Waals surface area contributed by atoms with Gasteiger partial charge in [-0.25, -0.2) is 4.39 Å². The quantitative estimate of drug-likeness (QED) is 0.642. The van der Waals surface area contributed by atoms with E-state index in [1.165, 1.54) is 36.6 Å². The average Bonchev–Trinajstić information content (AvgIpc) is 3.47. The van der Waals surface area contributed by atoms with Gasteiger partial charge >= 0.3 is 0 Å². The van der Waals surface area contributed by atoms with E-state index in [4.69, 9.17) is 4.42 Å². The first-order valence-electron chi connectivity index (χ1n) is 9.99. The summed E-state index contributed by atoms with van der Waals surface area (Å²) in [4.78, 5) is 52.2. The molecule has 1 aromatic heterocycles. The van der Waals surface area contributed by atoms with Crippen LogP contribution in [0.3, 0.4) is 0 Å². The number of rotatable bonds is 7. The van der Waals surface area contributed by atoms with Crippen molar-refractivity contribution in [3.8, 4) is 0 Å². The van der Waals surface area contributed by atoms with Gasteiger partial charge in [0.1, 0.15) is 11.6 Å². The number of furan rings is 1. The summed E-state index contributed by atoms with van der Waals surface area (Å²) in [5.74, 6) is -1.12. The molecule has 8 nitrogen and oxygen atoms in total. The van der Waals surface area contributed by atoms with Gasteiger partial charge in [0.05, 0.1) is 23.6 Å². The molecule has 0 aliphatic carbocycles. The summed E-state index contributed by atoms with van der Waals surface area (Å²) in [5, 5.41) is 2.27. The van der Waals surface area contributed by atoms with E-state index in [0.717, 1.165) is 16.7 Å². The largest absolute Gasteiger partial charge is 0.467 e. The molecule has 2 fully saturated rings. The van der Waals surface area contributed by atoms with Crippen LogP contribution >= 0.6 is 11.8 Å². The fourth-order valence-corrected chi connectivity index (χ4v) is 4.39. The minimum Gasteiger partial charge on any atom is -0.467 e.